The van der Waals surface area contributed by atoms with E-state index >= 15 is 0 Å². The molecule has 0 bridgehead atoms. The monoisotopic (exact) mass is 317 g/mol. The van der Waals surface area contributed by atoms with Crippen LogP contribution in [-0.2, 0) is 0 Å². The van der Waals surface area contributed by atoms with E-state index in [0.29, 0.717) is 15.7 Å². The van der Waals surface area contributed by atoms with Crippen molar-refractivity contribution >= 4 is 39.2 Å². The van der Waals surface area contributed by atoms with Gasteiger partial charge in [0.25, 0.3) is 11.8 Å². The van der Waals surface area contributed by atoms with E-state index in [1.54, 1.807) is 30.3 Å². The first-order valence-electron chi connectivity index (χ1n) is 5.49. The topological polar surface area (TPSA) is 76.3 Å². The highest BCUT2D eigenvalue weighted by Crippen LogP contribution is 2.33. The van der Waals surface area contributed by atoms with E-state index in [0.717, 1.165) is 4.90 Å². The summed E-state index contributed by atoms with van der Waals surface area (Å²) in [6.07, 6.45) is 1.52. The van der Waals surface area contributed by atoms with Crippen molar-refractivity contribution in [1.29, 1.82) is 0 Å². The van der Waals surface area contributed by atoms with Crippen molar-refractivity contribution in [2.45, 2.75) is 0 Å². The molecule has 2 heterocycles. The molecule has 0 saturated heterocycles. The van der Waals surface area contributed by atoms with Crippen LogP contribution in [0.15, 0.2) is 41.0 Å². The predicted molar refractivity (Wildman–Crippen MR) is 73.9 cm³/mol. The normalized spacial score (nSPS) is 13.8. The van der Waals surface area contributed by atoms with Gasteiger partial charge in [0.15, 0.2) is 5.82 Å². The molecule has 0 radical (unpaired) electrons. The molecule has 0 aliphatic carbocycles. The molecule has 3 rings (SSSR count). The second-order valence-electron chi connectivity index (χ2n) is 4.02. The molecule has 1 aromatic heterocycles. The molecule has 0 saturated carbocycles. The van der Waals surface area contributed by atoms with Crippen molar-refractivity contribution < 1.29 is 9.59 Å². The molecule has 0 unspecified atom stereocenters. The predicted octanol–water partition coefficient (Wildman–Crippen LogP) is 2.23. The number of nitrogen functional groups attached to an aromatic ring is 1. The van der Waals surface area contributed by atoms with Gasteiger partial charge in [0.2, 0.25) is 0 Å². The Kier molecular flexibility index (Phi) is 2.60. The van der Waals surface area contributed by atoms with E-state index in [1.165, 1.54) is 6.20 Å². The molecule has 6 heteroatoms. The summed E-state index contributed by atoms with van der Waals surface area (Å²) in [4.78, 5) is 29.7. The Hall–Kier alpha value is -2.21. The smallest absolute Gasteiger partial charge is 0.269 e. The zero-order valence-corrected chi connectivity index (χ0v) is 11.2. The maximum atomic E-state index is 12.3. The highest BCUT2D eigenvalue weighted by molar-refractivity contribution is 9.10. The van der Waals surface area contributed by atoms with Crippen LogP contribution in [0.3, 0.4) is 0 Å². The lowest BCUT2D eigenvalue weighted by Gasteiger charge is -2.13. The summed E-state index contributed by atoms with van der Waals surface area (Å²) in [6, 6.07) is 8.26. The number of halogens is 1. The number of anilines is 2. The lowest BCUT2D eigenvalue weighted by molar-refractivity contribution is 0.0925. The molecule has 0 spiro atoms. The molecule has 0 fully saturated rings. The van der Waals surface area contributed by atoms with Gasteiger partial charge in [-0.15, -0.1) is 0 Å². The fraction of sp³-hybridized carbons (Fsp3) is 0. The number of imide groups is 1. The van der Waals surface area contributed by atoms with Crippen molar-refractivity contribution in [3.05, 3.63) is 52.1 Å². The van der Waals surface area contributed by atoms with Crippen LogP contribution in [0.2, 0.25) is 0 Å². The second kappa shape index (κ2) is 4.17. The number of benzene rings is 1. The van der Waals surface area contributed by atoms with Gasteiger partial charge in [0, 0.05) is 11.9 Å². The SMILES string of the molecule is Nc1cccc2c1C(=O)N(c1ncccc1Br)C2=O. The van der Waals surface area contributed by atoms with Gasteiger partial charge in [-0.05, 0) is 40.2 Å². The number of nitrogens with two attached hydrogens (primary N) is 1. The third-order valence-corrected chi connectivity index (χ3v) is 3.52. The summed E-state index contributed by atoms with van der Waals surface area (Å²) >= 11 is 3.28. The second-order valence-corrected chi connectivity index (χ2v) is 4.88. The number of fused-ring (bicyclic) bond motifs is 1. The maximum Gasteiger partial charge on any atom is 0.269 e. The largest absolute Gasteiger partial charge is 0.398 e. The first-order chi connectivity index (χ1) is 9.11. The van der Waals surface area contributed by atoms with Gasteiger partial charge in [-0.1, -0.05) is 6.07 Å². The number of nitrogens with zero attached hydrogens (tertiary/aromatic N) is 2. The number of pyridine rings is 1. The van der Waals surface area contributed by atoms with Crippen LogP contribution in [0.4, 0.5) is 11.5 Å². The van der Waals surface area contributed by atoms with Crippen molar-refractivity contribution in [2.24, 2.45) is 0 Å². The minimum absolute atomic E-state index is 0.241. The van der Waals surface area contributed by atoms with E-state index in [-0.39, 0.29) is 11.4 Å². The summed E-state index contributed by atoms with van der Waals surface area (Å²) in [5.41, 5.74) is 6.62. The Morgan fingerprint density at radius 2 is 1.89 bits per heavy atom. The molecule has 5 nitrogen and oxygen atoms in total. The van der Waals surface area contributed by atoms with Crippen molar-refractivity contribution in [3.8, 4) is 0 Å². The van der Waals surface area contributed by atoms with Crippen molar-refractivity contribution in [2.75, 3.05) is 10.6 Å². The Balaban J connectivity index is 2.19. The molecule has 94 valence electrons. The molecular weight excluding hydrogens is 310 g/mol. The summed E-state index contributed by atoms with van der Waals surface area (Å²) in [6.45, 7) is 0. The summed E-state index contributed by atoms with van der Waals surface area (Å²) in [7, 11) is 0. The molecule has 2 amide bonds. The van der Waals surface area contributed by atoms with Gasteiger partial charge in [-0.25, -0.2) is 9.88 Å². The Morgan fingerprint density at radius 1 is 1.11 bits per heavy atom. The van der Waals surface area contributed by atoms with Crippen LogP contribution >= 0.6 is 15.9 Å². The summed E-state index contributed by atoms with van der Waals surface area (Å²) in [5, 5.41) is 0. The minimum Gasteiger partial charge on any atom is -0.398 e. The first-order valence-corrected chi connectivity index (χ1v) is 6.28. The van der Waals surface area contributed by atoms with Crippen LogP contribution in [0.5, 0.6) is 0 Å². The molecule has 2 N–H and O–H groups in total. The highest BCUT2D eigenvalue weighted by atomic mass is 79.9. The van der Waals surface area contributed by atoms with Gasteiger partial charge >= 0.3 is 0 Å². The van der Waals surface area contributed by atoms with Gasteiger partial charge < -0.3 is 5.73 Å². The van der Waals surface area contributed by atoms with Crippen LogP contribution in [0.1, 0.15) is 20.7 Å². The van der Waals surface area contributed by atoms with Crippen LogP contribution in [0, 0.1) is 0 Å². The fourth-order valence-electron chi connectivity index (χ4n) is 2.05. The number of hydrogen-bond donors (Lipinski definition) is 1. The number of rotatable bonds is 1. The van der Waals surface area contributed by atoms with E-state index in [4.69, 9.17) is 5.73 Å². The molecule has 1 aromatic carbocycles. The van der Waals surface area contributed by atoms with Crippen molar-refractivity contribution in [3.63, 3.8) is 0 Å². The third kappa shape index (κ3) is 1.64. The Morgan fingerprint density at radius 3 is 2.58 bits per heavy atom. The Bertz CT molecular complexity index is 715. The van der Waals surface area contributed by atoms with Gasteiger partial charge in [-0.3, -0.25) is 9.59 Å². The average Bonchev–Trinajstić information content (AvgIpc) is 2.64. The maximum absolute atomic E-state index is 12.3. The van der Waals surface area contributed by atoms with Gasteiger partial charge in [0.05, 0.1) is 15.6 Å². The number of amides is 2. The van der Waals surface area contributed by atoms with E-state index in [9.17, 15) is 9.59 Å². The molecule has 0 atom stereocenters. The quantitative estimate of drug-likeness (QED) is 0.646. The summed E-state index contributed by atoms with van der Waals surface area (Å²) < 4.78 is 0.572. The van der Waals surface area contributed by atoms with Crippen LogP contribution in [0.25, 0.3) is 0 Å². The first kappa shape index (κ1) is 11.9. The number of aromatic nitrogens is 1. The molecule has 1 aliphatic heterocycles. The summed E-state index contributed by atoms with van der Waals surface area (Å²) in [5.74, 6) is -0.586. The zero-order valence-electron chi connectivity index (χ0n) is 9.63. The lowest BCUT2D eigenvalue weighted by atomic mass is 10.1. The van der Waals surface area contributed by atoms with Crippen LogP contribution in [-0.4, -0.2) is 16.8 Å². The van der Waals surface area contributed by atoms with Crippen LogP contribution < -0.4 is 10.6 Å². The van der Waals surface area contributed by atoms with E-state index in [1.807, 2.05) is 0 Å². The minimum atomic E-state index is -0.447. The molecule has 2 aromatic rings. The van der Waals surface area contributed by atoms with E-state index in [2.05, 4.69) is 20.9 Å². The Labute approximate surface area is 117 Å². The molecule has 19 heavy (non-hydrogen) atoms. The highest BCUT2D eigenvalue weighted by Gasteiger charge is 2.39. The average molecular weight is 318 g/mol. The molecule has 1 aliphatic rings. The number of hydrogen-bond acceptors (Lipinski definition) is 4. The third-order valence-electron chi connectivity index (χ3n) is 2.90. The number of carbonyl (C=O) groups excluding carboxylic acids is 2. The standard InChI is InChI=1S/C13H8BrN3O2/c14-8-4-2-6-16-11(8)17-12(18)7-3-1-5-9(15)10(7)13(17)19/h1-6H,15H2. The van der Waals surface area contributed by atoms with Gasteiger partial charge in [0.1, 0.15) is 0 Å². The molecular formula is C13H8BrN3O2. The van der Waals surface area contributed by atoms with Gasteiger partial charge in [-0.2, -0.15) is 0 Å². The van der Waals surface area contributed by atoms with E-state index < -0.39 is 11.8 Å². The zero-order chi connectivity index (χ0) is 13.6. The van der Waals surface area contributed by atoms with Crippen molar-refractivity contribution in [1.82, 2.24) is 4.98 Å². The number of carbonyl (C=O) groups is 2. The lowest BCUT2D eigenvalue weighted by Crippen LogP contribution is -2.30. The fourth-order valence-corrected chi connectivity index (χ4v) is 2.48.